The van der Waals surface area contributed by atoms with E-state index in [1.165, 1.54) is 4.90 Å². The van der Waals surface area contributed by atoms with Crippen molar-refractivity contribution in [3.8, 4) is 0 Å². The summed E-state index contributed by atoms with van der Waals surface area (Å²) in [4.78, 5) is 53.6. The highest BCUT2D eigenvalue weighted by Gasteiger charge is 2.54. The Labute approximate surface area is 191 Å². The number of ether oxygens (including phenoxy) is 4. The molecule has 2 aliphatic heterocycles. The highest BCUT2D eigenvalue weighted by Crippen LogP contribution is 2.50. The highest BCUT2D eigenvalue weighted by molar-refractivity contribution is 6.19. The Morgan fingerprint density at radius 1 is 0.788 bits per heavy atom. The van der Waals surface area contributed by atoms with E-state index in [0.717, 1.165) is 45.1 Å². The number of carbonyl (C=O) groups excluding carboxylic acids is 4. The maximum atomic E-state index is 13.1. The van der Waals surface area contributed by atoms with Crippen LogP contribution in [0.1, 0.15) is 25.0 Å². The Balaban J connectivity index is 2.61. The van der Waals surface area contributed by atoms with Gasteiger partial charge in [-0.25, -0.2) is 19.2 Å². The van der Waals surface area contributed by atoms with Crippen LogP contribution >= 0.6 is 0 Å². The van der Waals surface area contributed by atoms with Gasteiger partial charge in [-0.05, 0) is 38.5 Å². The van der Waals surface area contributed by atoms with E-state index in [-0.39, 0.29) is 11.3 Å². The second-order valence-corrected chi connectivity index (χ2v) is 7.77. The van der Waals surface area contributed by atoms with Gasteiger partial charge in [0, 0.05) is 5.56 Å². The summed E-state index contributed by atoms with van der Waals surface area (Å²) in [6, 6.07) is 5.53. The zero-order chi connectivity index (χ0) is 24.7. The second-order valence-electron chi connectivity index (χ2n) is 7.77. The molecule has 0 radical (unpaired) electrons. The van der Waals surface area contributed by atoms with Gasteiger partial charge in [-0.1, -0.05) is 17.7 Å². The Bertz CT molecular complexity index is 1170. The van der Waals surface area contributed by atoms with Crippen LogP contribution in [0, 0.1) is 6.92 Å². The number of methoxy groups -OCH3 is 4. The van der Waals surface area contributed by atoms with E-state index in [9.17, 15) is 19.2 Å². The van der Waals surface area contributed by atoms with Crippen molar-refractivity contribution < 1.29 is 38.1 Å². The summed E-state index contributed by atoms with van der Waals surface area (Å²) in [5, 5.41) is 0. The molecule has 33 heavy (non-hydrogen) atoms. The first-order valence-corrected chi connectivity index (χ1v) is 10.0. The van der Waals surface area contributed by atoms with Gasteiger partial charge in [-0.2, -0.15) is 0 Å². The summed E-state index contributed by atoms with van der Waals surface area (Å²) in [5.41, 5.74) is 0.387. The molecule has 1 aromatic rings. The van der Waals surface area contributed by atoms with Gasteiger partial charge in [-0.15, -0.1) is 0 Å². The van der Waals surface area contributed by atoms with Gasteiger partial charge >= 0.3 is 23.9 Å². The fourth-order valence-corrected chi connectivity index (χ4v) is 4.43. The average molecular weight is 455 g/mol. The predicted octanol–water partition coefficient (Wildman–Crippen LogP) is 2.23. The molecule has 3 rings (SSSR count). The lowest BCUT2D eigenvalue weighted by atomic mass is 9.74. The first-order chi connectivity index (χ1) is 15.6. The second kappa shape index (κ2) is 8.57. The smallest absolute Gasteiger partial charge is 0.355 e. The van der Waals surface area contributed by atoms with E-state index in [0.29, 0.717) is 5.69 Å². The highest BCUT2D eigenvalue weighted by atomic mass is 16.5. The number of anilines is 1. The molecule has 0 unspecified atom stereocenters. The molecule has 0 fully saturated rings. The van der Waals surface area contributed by atoms with Crippen LogP contribution in [0.3, 0.4) is 0 Å². The Morgan fingerprint density at radius 2 is 1.33 bits per heavy atom. The molecule has 0 saturated carbocycles. The number of hydrogen-bond acceptors (Lipinski definition) is 9. The monoisotopic (exact) mass is 455 g/mol. The quantitative estimate of drug-likeness (QED) is 0.499. The van der Waals surface area contributed by atoms with E-state index in [4.69, 9.17) is 18.9 Å². The standard InChI is InChI=1S/C24H25NO8/c1-12-8-9-15-14(10-12)13(2)11-24(3)18(22(28)32-6)16(20(26)30-4)17(21(27)31-5)19(25(15)24)23(29)33-7/h8-11H,1-7H3/t24-/m0/s1. The molecule has 1 aromatic carbocycles. The van der Waals surface area contributed by atoms with Crippen LogP contribution in [-0.4, -0.2) is 57.9 Å². The fourth-order valence-electron chi connectivity index (χ4n) is 4.43. The van der Waals surface area contributed by atoms with E-state index >= 15 is 0 Å². The summed E-state index contributed by atoms with van der Waals surface area (Å²) >= 11 is 0. The van der Waals surface area contributed by atoms with Crippen LogP contribution < -0.4 is 4.90 Å². The average Bonchev–Trinajstić information content (AvgIpc) is 2.80. The van der Waals surface area contributed by atoms with Gasteiger partial charge in [0.2, 0.25) is 0 Å². The molecule has 0 N–H and O–H groups in total. The number of hydrogen-bond donors (Lipinski definition) is 0. The lowest BCUT2D eigenvalue weighted by molar-refractivity contribution is -0.142. The van der Waals surface area contributed by atoms with Crippen molar-refractivity contribution in [1.29, 1.82) is 0 Å². The zero-order valence-electron chi connectivity index (χ0n) is 19.5. The number of rotatable bonds is 4. The summed E-state index contributed by atoms with van der Waals surface area (Å²) in [7, 11) is 4.51. The molecule has 0 spiro atoms. The summed E-state index contributed by atoms with van der Waals surface area (Å²) in [5.74, 6) is -3.78. The van der Waals surface area contributed by atoms with Crippen LogP contribution in [0.25, 0.3) is 5.57 Å². The molecule has 0 aromatic heterocycles. The minimum absolute atomic E-state index is 0.171. The Morgan fingerprint density at radius 3 is 1.88 bits per heavy atom. The van der Waals surface area contributed by atoms with Crippen molar-refractivity contribution in [1.82, 2.24) is 0 Å². The maximum Gasteiger partial charge on any atom is 0.355 e. The van der Waals surface area contributed by atoms with Gasteiger partial charge in [0.1, 0.15) is 11.3 Å². The molecule has 0 saturated heterocycles. The van der Waals surface area contributed by atoms with Crippen LogP contribution in [0.5, 0.6) is 0 Å². The molecular formula is C24H25NO8. The van der Waals surface area contributed by atoms with Crippen LogP contribution in [0.4, 0.5) is 5.69 Å². The van der Waals surface area contributed by atoms with Crippen molar-refractivity contribution in [3.63, 3.8) is 0 Å². The van der Waals surface area contributed by atoms with Gasteiger partial charge < -0.3 is 23.8 Å². The van der Waals surface area contributed by atoms with Crippen molar-refractivity contribution in [2.75, 3.05) is 33.3 Å². The van der Waals surface area contributed by atoms with E-state index in [1.54, 1.807) is 19.1 Å². The largest absolute Gasteiger partial charge is 0.466 e. The molecule has 0 bridgehead atoms. The molecule has 2 aliphatic rings. The topological polar surface area (TPSA) is 108 Å². The fraction of sp³-hybridized carbons (Fsp3) is 0.333. The Kier molecular flexibility index (Phi) is 6.18. The first kappa shape index (κ1) is 23.8. The van der Waals surface area contributed by atoms with Crippen molar-refractivity contribution >= 4 is 35.1 Å². The zero-order valence-corrected chi connectivity index (χ0v) is 19.5. The minimum atomic E-state index is -1.40. The van der Waals surface area contributed by atoms with Crippen LogP contribution in [0.2, 0.25) is 0 Å². The van der Waals surface area contributed by atoms with Crippen molar-refractivity contribution in [3.05, 3.63) is 57.8 Å². The molecule has 174 valence electrons. The third kappa shape index (κ3) is 3.49. The van der Waals surface area contributed by atoms with Gasteiger partial charge in [0.05, 0.1) is 50.8 Å². The third-order valence-electron chi connectivity index (χ3n) is 5.79. The predicted molar refractivity (Wildman–Crippen MR) is 118 cm³/mol. The molecule has 2 heterocycles. The molecule has 9 heteroatoms. The van der Waals surface area contributed by atoms with Crippen molar-refractivity contribution in [2.45, 2.75) is 26.3 Å². The minimum Gasteiger partial charge on any atom is -0.466 e. The molecule has 0 aliphatic carbocycles. The van der Waals surface area contributed by atoms with Crippen molar-refractivity contribution in [2.24, 2.45) is 0 Å². The molecule has 9 nitrogen and oxygen atoms in total. The number of allylic oxidation sites excluding steroid dienone is 1. The van der Waals surface area contributed by atoms with E-state index < -0.39 is 40.6 Å². The number of esters is 4. The first-order valence-electron chi connectivity index (χ1n) is 10.0. The number of aryl methyl sites for hydroxylation is 1. The van der Waals surface area contributed by atoms with Gasteiger partial charge in [0.15, 0.2) is 0 Å². The number of benzene rings is 1. The number of carbonyl (C=O) groups is 4. The molecule has 1 atom stereocenters. The Hall–Kier alpha value is -3.88. The van der Waals surface area contributed by atoms with Crippen LogP contribution in [0.15, 0.2) is 46.7 Å². The van der Waals surface area contributed by atoms with Crippen LogP contribution in [-0.2, 0) is 38.1 Å². The SMILES string of the molecule is COC(=O)C1=C(C(=O)OC)N2c3ccc(C)cc3C(C)=C[C@@]2(C)C(C(=O)OC)=C1C(=O)OC. The summed E-state index contributed by atoms with van der Waals surface area (Å²) < 4.78 is 19.8. The van der Waals surface area contributed by atoms with Gasteiger partial charge in [0.25, 0.3) is 0 Å². The van der Waals surface area contributed by atoms with E-state index in [1.807, 2.05) is 26.0 Å². The molecular weight excluding hydrogens is 430 g/mol. The molecule has 0 amide bonds. The lowest BCUT2D eigenvalue weighted by Gasteiger charge is -2.49. The van der Waals surface area contributed by atoms with Gasteiger partial charge in [-0.3, -0.25) is 0 Å². The third-order valence-corrected chi connectivity index (χ3v) is 5.79. The summed E-state index contributed by atoms with van der Waals surface area (Å²) in [6.45, 7) is 5.42. The number of nitrogens with zero attached hydrogens (tertiary/aromatic N) is 1. The maximum absolute atomic E-state index is 13.1. The lowest BCUT2D eigenvalue weighted by Crippen LogP contribution is -2.56. The van der Waals surface area contributed by atoms with E-state index in [2.05, 4.69) is 0 Å². The summed E-state index contributed by atoms with van der Waals surface area (Å²) in [6.07, 6.45) is 1.74. The number of fused-ring (bicyclic) bond motifs is 3. The normalized spacial score (nSPS) is 19.2.